The zero-order chi connectivity index (χ0) is 14.1. The molecule has 0 aliphatic carbocycles. The zero-order valence-electron chi connectivity index (χ0n) is 11.3. The van der Waals surface area contributed by atoms with Crippen molar-refractivity contribution in [3.05, 3.63) is 59.2 Å². The van der Waals surface area contributed by atoms with Crippen LogP contribution in [-0.2, 0) is 6.42 Å². The van der Waals surface area contributed by atoms with Gasteiger partial charge in [-0.3, -0.25) is 9.67 Å². The number of hydrogen-bond donors (Lipinski definition) is 1. The lowest BCUT2D eigenvalue weighted by atomic mass is 10.1. The van der Waals surface area contributed by atoms with E-state index < -0.39 is 0 Å². The molecule has 2 aromatic heterocycles. The van der Waals surface area contributed by atoms with Gasteiger partial charge in [-0.2, -0.15) is 5.10 Å². The quantitative estimate of drug-likeness (QED) is 0.795. The SMILES string of the molecule is Cc1n[nH]c(C)c1Cc1nncn1-c1cccc(F)c1. The molecule has 6 heteroatoms. The molecule has 20 heavy (non-hydrogen) atoms. The van der Waals surface area contributed by atoms with Crippen molar-refractivity contribution >= 4 is 0 Å². The van der Waals surface area contributed by atoms with E-state index in [0.717, 1.165) is 22.8 Å². The summed E-state index contributed by atoms with van der Waals surface area (Å²) in [5.41, 5.74) is 3.76. The van der Waals surface area contributed by atoms with Gasteiger partial charge >= 0.3 is 0 Å². The molecule has 0 aliphatic rings. The lowest BCUT2D eigenvalue weighted by Gasteiger charge is -2.07. The Kier molecular flexibility index (Phi) is 3.06. The lowest BCUT2D eigenvalue weighted by molar-refractivity contribution is 0.626. The van der Waals surface area contributed by atoms with Gasteiger partial charge in [0, 0.05) is 17.7 Å². The van der Waals surface area contributed by atoms with Gasteiger partial charge in [-0.05, 0) is 32.0 Å². The first kappa shape index (κ1) is 12.5. The molecule has 0 unspecified atom stereocenters. The molecular formula is C14H14FN5. The standard InChI is InChI=1S/C14H14FN5/c1-9-13(10(2)18-17-9)7-14-19-16-8-20(14)12-5-3-4-11(15)6-12/h3-6,8H,7H2,1-2H3,(H,17,18). The molecule has 3 rings (SSSR count). The number of aromatic nitrogens is 5. The maximum atomic E-state index is 13.3. The molecule has 102 valence electrons. The van der Waals surface area contributed by atoms with Gasteiger partial charge < -0.3 is 0 Å². The third kappa shape index (κ3) is 2.20. The average Bonchev–Trinajstić information content (AvgIpc) is 3.01. The molecule has 0 radical (unpaired) electrons. The van der Waals surface area contributed by atoms with Gasteiger partial charge in [0.15, 0.2) is 0 Å². The fraction of sp³-hybridized carbons (Fsp3) is 0.214. The van der Waals surface area contributed by atoms with Crippen LogP contribution in [0.5, 0.6) is 0 Å². The van der Waals surface area contributed by atoms with E-state index in [1.807, 2.05) is 19.9 Å². The predicted octanol–water partition coefficient (Wildman–Crippen LogP) is 2.34. The fourth-order valence-corrected chi connectivity index (χ4v) is 2.21. The van der Waals surface area contributed by atoms with Crippen LogP contribution in [0.25, 0.3) is 5.69 Å². The van der Waals surface area contributed by atoms with E-state index in [-0.39, 0.29) is 5.82 Å². The van der Waals surface area contributed by atoms with Gasteiger partial charge in [-0.15, -0.1) is 10.2 Å². The van der Waals surface area contributed by atoms with Crippen LogP contribution in [0, 0.1) is 19.7 Å². The molecule has 0 atom stereocenters. The van der Waals surface area contributed by atoms with Crippen LogP contribution in [0.1, 0.15) is 22.8 Å². The van der Waals surface area contributed by atoms with Crippen LogP contribution in [-0.4, -0.2) is 25.0 Å². The Morgan fingerprint density at radius 1 is 1.30 bits per heavy atom. The van der Waals surface area contributed by atoms with Gasteiger partial charge in [0.1, 0.15) is 18.0 Å². The Labute approximate surface area is 115 Å². The molecule has 0 fully saturated rings. The molecule has 0 spiro atoms. The minimum Gasteiger partial charge on any atom is -0.285 e. The summed E-state index contributed by atoms with van der Waals surface area (Å²) in [4.78, 5) is 0. The Bertz CT molecular complexity index is 724. The van der Waals surface area contributed by atoms with Crippen LogP contribution in [0.15, 0.2) is 30.6 Å². The number of nitrogens with one attached hydrogen (secondary N) is 1. The minimum absolute atomic E-state index is 0.280. The summed E-state index contributed by atoms with van der Waals surface area (Å²) in [6.45, 7) is 3.92. The summed E-state index contributed by atoms with van der Waals surface area (Å²) in [6, 6.07) is 6.37. The largest absolute Gasteiger partial charge is 0.285 e. The predicted molar refractivity (Wildman–Crippen MR) is 72.2 cm³/mol. The number of H-pyrrole nitrogens is 1. The van der Waals surface area contributed by atoms with Crippen molar-refractivity contribution in [2.24, 2.45) is 0 Å². The first-order valence-electron chi connectivity index (χ1n) is 6.30. The average molecular weight is 271 g/mol. The normalized spacial score (nSPS) is 10.9. The second-order valence-electron chi connectivity index (χ2n) is 4.69. The lowest BCUT2D eigenvalue weighted by Crippen LogP contribution is -2.03. The first-order valence-corrected chi connectivity index (χ1v) is 6.30. The highest BCUT2D eigenvalue weighted by Crippen LogP contribution is 2.17. The number of aryl methyl sites for hydroxylation is 2. The molecule has 0 saturated carbocycles. The Morgan fingerprint density at radius 3 is 2.85 bits per heavy atom. The van der Waals surface area contributed by atoms with Crippen molar-refractivity contribution < 1.29 is 4.39 Å². The highest BCUT2D eigenvalue weighted by Gasteiger charge is 2.13. The molecule has 0 bridgehead atoms. The third-order valence-corrected chi connectivity index (χ3v) is 3.32. The van der Waals surface area contributed by atoms with Gasteiger partial charge in [0.2, 0.25) is 0 Å². The zero-order valence-corrected chi connectivity index (χ0v) is 11.3. The smallest absolute Gasteiger partial charge is 0.141 e. The number of nitrogens with zero attached hydrogens (tertiary/aromatic N) is 4. The summed E-state index contributed by atoms with van der Waals surface area (Å²) in [6.07, 6.45) is 2.19. The third-order valence-electron chi connectivity index (χ3n) is 3.32. The summed E-state index contributed by atoms with van der Waals surface area (Å²) in [7, 11) is 0. The first-order chi connectivity index (χ1) is 9.65. The summed E-state index contributed by atoms with van der Waals surface area (Å²) in [5.74, 6) is 0.473. The number of aromatic amines is 1. The van der Waals surface area contributed by atoms with E-state index in [0.29, 0.717) is 12.1 Å². The van der Waals surface area contributed by atoms with Crippen molar-refractivity contribution in [1.82, 2.24) is 25.0 Å². The highest BCUT2D eigenvalue weighted by molar-refractivity contribution is 5.35. The molecule has 0 aliphatic heterocycles. The Hall–Kier alpha value is -2.50. The van der Waals surface area contributed by atoms with Crippen LogP contribution in [0.2, 0.25) is 0 Å². The number of rotatable bonds is 3. The number of hydrogen-bond acceptors (Lipinski definition) is 3. The summed E-state index contributed by atoms with van der Waals surface area (Å²) in [5, 5.41) is 15.2. The maximum Gasteiger partial charge on any atom is 0.141 e. The molecule has 3 aromatic rings. The van der Waals surface area contributed by atoms with Crippen LogP contribution >= 0.6 is 0 Å². The van der Waals surface area contributed by atoms with E-state index in [1.54, 1.807) is 17.0 Å². The van der Waals surface area contributed by atoms with Gasteiger partial charge in [-0.1, -0.05) is 6.07 Å². The number of benzene rings is 1. The van der Waals surface area contributed by atoms with Gasteiger partial charge in [-0.25, -0.2) is 4.39 Å². The fourth-order valence-electron chi connectivity index (χ4n) is 2.21. The van der Waals surface area contributed by atoms with Crippen molar-refractivity contribution in [3.63, 3.8) is 0 Å². The number of halogens is 1. The minimum atomic E-state index is -0.280. The van der Waals surface area contributed by atoms with E-state index in [9.17, 15) is 4.39 Å². The molecule has 5 nitrogen and oxygen atoms in total. The van der Waals surface area contributed by atoms with Crippen LogP contribution in [0.4, 0.5) is 4.39 Å². The molecule has 1 aromatic carbocycles. The molecular weight excluding hydrogens is 257 g/mol. The van der Waals surface area contributed by atoms with Crippen LogP contribution < -0.4 is 0 Å². The van der Waals surface area contributed by atoms with Crippen molar-refractivity contribution in [2.45, 2.75) is 20.3 Å². The van der Waals surface area contributed by atoms with E-state index >= 15 is 0 Å². The van der Waals surface area contributed by atoms with Crippen molar-refractivity contribution in [3.8, 4) is 5.69 Å². The second kappa shape index (κ2) is 4.88. The van der Waals surface area contributed by atoms with E-state index in [1.165, 1.54) is 12.1 Å². The van der Waals surface area contributed by atoms with Crippen LogP contribution in [0.3, 0.4) is 0 Å². The Balaban J connectivity index is 1.99. The molecule has 1 N–H and O–H groups in total. The monoisotopic (exact) mass is 271 g/mol. The second-order valence-corrected chi connectivity index (χ2v) is 4.69. The van der Waals surface area contributed by atoms with Crippen molar-refractivity contribution in [2.75, 3.05) is 0 Å². The topological polar surface area (TPSA) is 59.4 Å². The molecule has 0 saturated heterocycles. The van der Waals surface area contributed by atoms with Gasteiger partial charge in [0.25, 0.3) is 0 Å². The van der Waals surface area contributed by atoms with E-state index in [2.05, 4.69) is 20.4 Å². The van der Waals surface area contributed by atoms with Crippen molar-refractivity contribution in [1.29, 1.82) is 0 Å². The summed E-state index contributed by atoms with van der Waals surface area (Å²) < 4.78 is 15.1. The molecule has 0 amide bonds. The molecule has 2 heterocycles. The maximum absolute atomic E-state index is 13.3. The van der Waals surface area contributed by atoms with Gasteiger partial charge in [0.05, 0.1) is 11.4 Å². The highest BCUT2D eigenvalue weighted by atomic mass is 19.1. The Morgan fingerprint density at radius 2 is 2.15 bits per heavy atom. The van der Waals surface area contributed by atoms with E-state index in [4.69, 9.17) is 0 Å². The summed E-state index contributed by atoms with van der Waals surface area (Å²) >= 11 is 0.